The Morgan fingerprint density at radius 1 is 1.30 bits per heavy atom. The van der Waals surface area contributed by atoms with Gasteiger partial charge in [-0.15, -0.1) is 0 Å². The number of rotatable bonds is 9. The minimum Gasteiger partial charge on any atom is -0.461 e. The zero-order valence-corrected chi connectivity index (χ0v) is 15.8. The number of hydrogen-bond acceptors (Lipinski definition) is 3. The van der Waals surface area contributed by atoms with Crippen molar-refractivity contribution >= 4 is 5.91 Å². The van der Waals surface area contributed by atoms with E-state index in [-0.39, 0.29) is 23.7 Å². The molecule has 1 aliphatic rings. The van der Waals surface area contributed by atoms with E-state index in [1.807, 2.05) is 0 Å². The summed E-state index contributed by atoms with van der Waals surface area (Å²) in [5.74, 6) is 1.25. The quantitative estimate of drug-likeness (QED) is 0.688. The summed E-state index contributed by atoms with van der Waals surface area (Å²) in [6.45, 7) is 3.03. The summed E-state index contributed by atoms with van der Waals surface area (Å²) in [6, 6.07) is 10.0. The first-order valence-corrected chi connectivity index (χ1v) is 9.75. The van der Waals surface area contributed by atoms with E-state index in [1.165, 1.54) is 12.5 Å². The average molecular weight is 373 g/mol. The van der Waals surface area contributed by atoms with Gasteiger partial charge in [-0.2, -0.15) is 0 Å². The molecule has 1 aromatic heterocycles. The van der Waals surface area contributed by atoms with Crippen LogP contribution in [0.2, 0.25) is 0 Å². The molecule has 1 aliphatic carbocycles. The molecule has 1 saturated carbocycles. The van der Waals surface area contributed by atoms with E-state index in [9.17, 15) is 14.3 Å². The van der Waals surface area contributed by atoms with Crippen LogP contribution in [0.15, 0.2) is 40.8 Å². The molecular formula is C22H28FNO3. The summed E-state index contributed by atoms with van der Waals surface area (Å²) >= 11 is 0. The van der Waals surface area contributed by atoms with Crippen molar-refractivity contribution in [2.75, 3.05) is 13.2 Å². The van der Waals surface area contributed by atoms with Crippen molar-refractivity contribution in [2.24, 2.45) is 11.3 Å². The van der Waals surface area contributed by atoms with Crippen LogP contribution in [0.4, 0.5) is 4.39 Å². The highest BCUT2D eigenvalue weighted by atomic mass is 19.1. The number of halogens is 1. The molecule has 1 amide bonds. The largest absolute Gasteiger partial charge is 0.461 e. The molecule has 0 spiro atoms. The van der Waals surface area contributed by atoms with E-state index in [2.05, 4.69) is 12.2 Å². The Bertz CT molecular complexity index is 766. The minimum atomic E-state index is -0.320. The van der Waals surface area contributed by atoms with Crippen molar-refractivity contribution in [3.05, 3.63) is 48.0 Å². The van der Waals surface area contributed by atoms with Gasteiger partial charge in [0.05, 0.1) is 5.56 Å². The molecule has 146 valence electrons. The average Bonchev–Trinajstić information content (AvgIpc) is 3.08. The number of aliphatic hydroxyl groups excluding tert-OH is 1. The van der Waals surface area contributed by atoms with Crippen molar-refractivity contribution < 1.29 is 18.7 Å². The van der Waals surface area contributed by atoms with Crippen molar-refractivity contribution in [2.45, 2.75) is 45.4 Å². The Kier molecular flexibility index (Phi) is 6.32. The molecule has 2 N–H and O–H groups in total. The van der Waals surface area contributed by atoms with Crippen LogP contribution in [-0.4, -0.2) is 24.2 Å². The SMILES string of the molecule is C[C@@H](CCO)C1(CNC(=O)CCc2ccc(-c3ccccc3F)o2)CCC1. The molecule has 5 heteroatoms. The van der Waals surface area contributed by atoms with Gasteiger partial charge in [-0.25, -0.2) is 4.39 Å². The van der Waals surface area contributed by atoms with Crippen LogP contribution in [0, 0.1) is 17.2 Å². The molecule has 1 atom stereocenters. The third kappa shape index (κ3) is 4.59. The molecule has 27 heavy (non-hydrogen) atoms. The zero-order valence-electron chi connectivity index (χ0n) is 15.8. The molecule has 0 saturated heterocycles. The maximum atomic E-state index is 13.8. The van der Waals surface area contributed by atoms with Crippen LogP contribution in [0.25, 0.3) is 11.3 Å². The van der Waals surface area contributed by atoms with Gasteiger partial charge in [0.25, 0.3) is 0 Å². The van der Waals surface area contributed by atoms with Crippen molar-refractivity contribution in [1.29, 1.82) is 0 Å². The number of benzene rings is 1. The maximum absolute atomic E-state index is 13.8. The molecule has 0 aliphatic heterocycles. The predicted molar refractivity (Wildman–Crippen MR) is 103 cm³/mol. The Balaban J connectivity index is 1.49. The van der Waals surface area contributed by atoms with Gasteiger partial charge >= 0.3 is 0 Å². The topological polar surface area (TPSA) is 62.5 Å². The first-order valence-electron chi connectivity index (χ1n) is 9.75. The normalized spacial score (nSPS) is 16.6. The van der Waals surface area contributed by atoms with E-state index >= 15 is 0 Å². The lowest BCUT2D eigenvalue weighted by molar-refractivity contribution is -0.122. The molecule has 0 bridgehead atoms. The number of furan rings is 1. The number of nitrogens with one attached hydrogen (secondary N) is 1. The van der Waals surface area contributed by atoms with Crippen LogP contribution in [-0.2, 0) is 11.2 Å². The highest BCUT2D eigenvalue weighted by Gasteiger charge is 2.41. The monoisotopic (exact) mass is 373 g/mol. The van der Waals surface area contributed by atoms with Gasteiger partial charge < -0.3 is 14.8 Å². The van der Waals surface area contributed by atoms with E-state index in [0.717, 1.165) is 19.3 Å². The van der Waals surface area contributed by atoms with Crippen molar-refractivity contribution in [1.82, 2.24) is 5.32 Å². The van der Waals surface area contributed by atoms with E-state index in [4.69, 9.17) is 4.42 Å². The molecule has 3 rings (SSSR count). The fourth-order valence-corrected chi connectivity index (χ4v) is 3.89. The lowest BCUT2D eigenvalue weighted by atomic mass is 9.60. The third-order valence-corrected chi connectivity index (χ3v) is 5.99. The Morgan fingerprint density at radius 2 is 2.07 bits per heavy atom. The minimum absolute atomic E-state index is 0.00122. The first kappa shape index (κ1) is 19.6. The van der Waals surface area contributed by atoms with Gasteiger partial charge in [0.1, 0.15) is 17.3 Å². The van der Waals surface area contributed by atoms with Gasteiger partial charge in [0.2, 0.25) is 5.91 Å². The second-order valence-corrected chi connectivity index (χ2v) is 7.65. The summed E-state index contributed by atoms with van der Waals surface area (Å²) in [6.07, 6.45) is 5.02. The van der Waals surface area contributed by atoms with Crippen LogP contribution < -0.4 is 5.32 Å². The van der Waals surface area contributed by atoms with Crippen LogP contribution in [0.3, 0.4) is 0 Å². The number of hydrogen-bond donors (Lipinski definition) is 2. The van der Waals surface area contributed by atoms with Crippen molar-refractivity contribution in [3.63, 3.8) is 0 Å². The predicted octanol–water partition coefficient (Wildman–Crippen LogP) is 4.32. The van der Waals surface area contributed by atoms with Gasteiger partial charge in [0, 0.05) is 26.0 Å². The summed E-state index contributed by atoms with van der Waals surface area (Å²) in [5, 5.41) is 12.2. The molecule has 0 unspecified atom stereocenters. The zero-order chi connectivity index (χ0) is 19.3. The third-order valence-electron chi connectivity index (χ3n) is 5.99. The second-order valence-electron chi connectivity index (χ2n) is 7.65. The van der Waals surface area contributed by atoms with E-state index in [1.54, 1.807) is 30.3 Å². The summed E-state index contributed by atoms with van der Waals surface area (Å²) < 4.78 is 19.5. The summed E-state index contributed by atoms with van der Waals surface area (Å²) in [4.78, 5) is 12.3. The Hall–Kier alpha value is -2.14. The highest BCUT2D eigenvalue weighted by molar-refractivity contribution is 5.76. The smallest absolute Gasteiger partial charge is 0.220 e. The van der Waals surface area contributed by atoms with Gasteiger partial charge in [0.15, 0.2) is 0 Å². The fourth-order valence-electron chi connectivity index (χ4n) is 3.89. The number of carbonyl (C=O) groups excluding carboxylic acids is 1. The number of amides is 1. The fraction of sp³-hybridized carbons (Fsp3) is 0.500. The summed E-state index contributed by atoms with van der Waals surface area (Å²) in [5.41, 5.74) is 0.569. The molecule has 4 nitrogen and oxygen atoms in total. The molecule has 0 radical (unpaired) electrons. The number of aryl methyl sites for hydroxylation is 1. The van der Waals surface area contributed by atoms with E-state index < -0.39 is 0 Å². The molecule has 1 aromatic carbocycles. The van der Waals surface area contributed by atoms with Crippen LogP contribution in [0.1, 0.15) is 44.8 Å². The maximum Gasteiger partial charge on any atom is 0.220 e. The summed E-state index contributed by atoms with van der Waals surface area (Å²) in [7, 11) is 0. The lowest BCUT2D eigenvalue weighted by Crippen LogP contribution is -2.46. The van der Waals surface area contributed by atoms with Crippen LogP contribution >= 0.6 is 0 Å². The number of aliphatic hydroxyl groups is 1. The number of carbonyl (C=O) groups is 1. The first-order chi connectivity index (χ1) is 13.0. The van der Waals surface area contributed by atoms with Crippen molar-refractivity contribution in [3.8, 4) is 11.3 Å². The van der Waals surface area contributed by atoms with Gasteiger partial charge in [-0.1, -0.05) is 25.5 Å². The second kappa shape index (κ2) is 8.70. The molecule has 2 aromatic rings. The molecule has 1 heterocycles. The molecular weight excluding hydrogens is 345 g/mol. The van der Waals surface area contributed by atoms with E-state index in [0.29, 0.717) is 42.4 Å². The van der Waals surface area contributed by atoms with Gasteiger partial charge in [-0.3, -0.25) is 4.79 Å². The molecule has 1 fully saturated rings. The lowest BCUT2D eigenvalue weighted by Gasteiger charge is -2.47. The Morgan fingerprint density at radius 3 is 2.74 bits per heavy atom. The van der Waals surface area contributed by atoms with Gasteiger partial charge in [-0.05, 0) is 54.9 Å². The highest BCUT2D eigenvalue weighted by Crippen LogP contribution is 2.47. The standard InChI is InChI=1S/C22H28FNO3/c1-16(11-14-25)22(12-4-13-22)15-24-21(26)10-8-17-7-9-20(27-17)18-5-2-3-6-19(18)23/h2-3,5-7,9,16,25H,4,8,10-15H2,1H3,(H,24,26)/t16-/m0/s1. The Labute approximate surface area is 159 Å². The van der Waals surface area contributed by atoms with Crippen LogP contribution in [0.5, 0.6) is 0 Å².